The lowest BCUT2D eigenvalue weighted by molar-refractivity contribution is 0.0614. The van der Waals surface area contributed by atoms with Crippen LogP contribution in [0.15, 0.2) is 12.1 Å². The van der Waals surface area contributed by atoms with Gasteiger partial charge < -0.3 is 14.5 Å². The van der Waals surface area contributed by atoms with E-state index in [4.69, 9.17) is 4.74 Å². The minimum absolute atomic E-state index is 0.109. The molecule has 2 saturated heterocycles. The lowest BCUT2D eigenvalue weighted by Crippen LogP contribution is -2.45. The fraction of sp³-hybridized carbons (Fsp3) is 0.632. The lowest BCUT2D eigenvalue weighted by atomic mass is 9.89. The third-order valence-corrected chi connectivity index (χ3v) is 5.72. The number of ether oxygens (including phenoxy) is 1. The van der Waals surface area contributed by atoms with Crippen LogP contribution < -0.4 is 4.74 Å². The highest BCUT2D eigenvalue weighted by Crippen LogP contribution is 2.29. The third-order valence-electron chi connectivity index (χ3n) is 5.72. The van der Waals surface area contributed by atoms with Gasteiger partial charge in [-0.15, -0.1) is 0 Å². The highest BCUT2D eigenvalue weighted by molar-refractivity contribution is 5.95. The van der Waals surface area contributed by atoms with E-state index in [1.54, 1.807) is 4.90 Å². The molecule has 6 heteroatoms. The number of hydrogen-bond donors (Lipinski definition) is 0. The second-order valence-electron chi connectivity index (χ2n) is 7.05. The monoisotopic (exact) mass is 352 g/mol. The summed E-state index contributed by atoms with van der Waals surface area (Å²) in [4.78, 5) is 16.7. The molecule has 0 bridgehead atoms. The molecule has 1 aromatic rings. The van der Waals surface area contributed by atoms with Crippen molar-refractivity contribution in [3.05, 3.63) is 29.3 Å². The second kappa shape index (κ2) is 7.68. The van der Waals surface area contributed by atoms with Crippen LogP contribution in [0.4, 0.5) is 8.78 Å². The van der Waals surface area contributed by atoms with Crippen LogP contribution in [0.5, 0.6) is 5.75 Å². The molecule has 0 aliphatic carbocycles. The Morgan fingerprint density at radius 1 is 1.16 bits per heavy atom. The number of likely N-dealkylation sites (tertiary alicyclic amines) is 2. The minimum atomic E-state index is -0.917. The van der Waals surface area contributed by atoms with Crippen molar-refractivity contribution in [1.29, 1.82) is 0 Å². The van der Waals surface area contributed by atoms with Crippen LogP contribution >= 0.6 is 0 Å². The van der Waals surface area contributed by atoms with Crippen LogP contribution in [0.2, 0.25) is 0 Å². The predicted octanol–water partition coefficient (Wildman–Crippen LogP) is 3.31. The van der Waals surface area contributed by atoms with Gasteiger partial charge in [0.2, 0.25) is 0 Å². The van der Waals surface area contributed by atoms with Crippen molar-refractivity contribution < 1.29 is 18.3 Å². The van der Waals surface area contributed by atoms with E-state index in [2.05, 4.69) is 11.8 Å². The van der Waals surface area contributed by atoms with Crippen molar-refractivity contribution in [2.24, 2.45) is 5.92 Å². The number of piperidine rings is 1. The van der Waals surface area contributed by atoms with Gasteiger partial charge in [0.15, 0.2) is 11.6 Å². The molecule has 25 heavy (non-hydrogen) atoms. The number of carbonyl (C=O) groups is 1. The average molecular weight is 352 g/mol. The smallest absolute Gasteiger partial charge is 0.259 e. The molecular weight excluding hydrogens is 326 g/mol. The Hall–Kier alpha value is -1.69. The zero-order valence-electron chi connectivity index (χ0n) is 14.9. The lowest BCUT2D eigenvalue weighted by Gasteiger charge is -2.38. The number of carbonyl (C=O) groups excluding carboxylic acids is 1. The summed E-state index contributed by atoms with van der Waals surface area (Å²) in [6.45, 7) is 5.64. The van der Waals surface area contributed by atoms with Crippen molar-refractivity contribution in [3.8, 4) is 5.75 Å². The summed E-state index contributed by atoms with van der Waals surface area (Å²) >= 11 is 0. The summed E-state index contributed by atoms with van der Waals surface area (Å²) in [7, 11) is 1.30. The molecule has 2 aliphatic heterocycles. The largest absolute Gasteiger partial charge is 0.494 e. The quantitative estimate of drug-likeness (QED) is 0.833. The van der Waals surface area contributed by atoms with Crippen molar-refractivity contribution in [1.82, 2.24) is 9.80 Å². The maximum Gasteiger partial charge on any atom is 0.259 e. The standard InChI is InChI=1S/C19H26F2N2O2/c1-13(22-9-3-4-10-22)14-7-11-23(12-8-14)19(24)17-15(20)5-6-16(25-2)18(17)21/h5-6,13-14H,3-4,7-12H2,1-2H3/t13-/m1/s1. The van der Waals surface area contributed by atoms with Gasteiger partial charge in [0.05, 0.1) is 7.11 Å². The SMILES string of the molecule is COc1ccc(F)c(C(=O)N2CCC([C@@H](C)N3CCCC3)CC2)c1F. The van der Waals surface area contributed by atoms with Crippen molar-refractivity contribution >= 4 is 5.91 Å². The summed E-state index contributed by atoms with van der Waals surface area (Å²) in [5.74, 6) is -1.92. The highest BCUT2D eigenvalue weighted by atomic mass is 19.1. The Balaban J connectivity index is 1.66. The molecule has 0 spiro atoms. The van der Waals surface area contributed by atoms with Crippen LogP contribution in [0.1, 0.15) is 43.0 Å². The Morgan fingerprint density at radius 3 is 2.40 bits per heavy atom. The summed E-state index contributed by atoms with van der Waals surface area (Å²) in [5, 5.41) is 0. The van der Waals surface area contributed by atoms with Crippen molar-refractivity contribution in [2.45, 2.75) is 38.6 Å². The maximum absolute atomic E-state index is 14.3. The first-order valence-corrected chi connectivity index (χ1v) is 9.08. The molecule has 2 aliphatic rings. The Morgan fingerprint density at radius 2 is 1.80 bits per heavy atom. The van der Waals surface area contributed by atoms with E-state index in [1.807, 2.05) is 0 Å². The first-order chi connectivity index (χ1) is 12.0. The van der Waals surface area contributed by atoms with Gasteiger partial charge in [-0.3, -0.25) is 4.79 Å². The van der Waals surface area contributed by atoms with Gasteiger partial charge >= 0.3 is 0 Å². The Kier molecular flexibility index (Phi) is 5.57. The van der Waals surface area contributed by atoms with E-state index in [1.165, 1.54) is 26.0 Å². The van der Waals surface area contributed by atoms with Crippen LogP contribution in [0.3, 0.4) is 0 Å². The molecule has 1 aromatic carbocycles. The fourth-order valence-corrected chi connectivity index (χ4v) is 4.08. The molecule has 1 atom stereocenters. The van der Waals surface area contributed by atoms with Gasteiger partial charge in [-0.1, -0.05) is 0 Å². The van der Waals surface area contributed by atoms with Gasteiger partial charge in [0.1, 0.15) is 11.4 Å². The molecule has 1 amide bonds. The zero-order chi connectivity index (χ0) is 18.0. The molecule has 138 valence electrons. The van der Waals surface area contributed by atoms with Crippen LogP contribution in [-0.4, -0.2) is 55.0 Å². The Bertz CT molecular complexity index is 624. The number of nitrogens with zero attached hydrogens (tertiary/aromatic N) is 2. The molecule has 3 rings (SSSR count). The molecule has 0 aromatic heterocycles. The number of halogens is 2. The van der Waals surface area contributed by atoms with Crippen LogP contribution in [-0.2, 0) is 0 Å². The van der Waals surface area contributed by atoms with E-state index in [0.29, 0.717) is 25.0 Å². The molecule has 0 radical (unpaired) electrons. The van der Waals surface area contributed by atoms with Gasteiger partial charge in [-0.2, -0.15) is 0 Å². The molecule has 2 heterocycles. The number of methoxy groups -OCH3 is 1. The first-order valence-electron chi connectivity index (χ1n) is 9.08. The predicted molar refractivity (Wildman–Crippen MR) is 91.8 cm³/mol. The molecule has 2 fully saturated rings. The third kappa shape index (κ3) is 3.64. The molecule has 0 unspecified atom stereocenters. The number of hydrogen-bond acceptors (Lipinski definition) is 3. The number of rotatable bonds is 4. The summed E-state index contributed by atoms with van der Waals surface area (Å²) in [6, 6.07) is 2.79. The normalized spacial score (nSPS) is 20.7. The van der Waals surface area contributed by atoms with Crippen molar-refractivity contribution in [3.63, 3.8) is 0 Å². The number of amides is 1. The highest BCUT2D eigenvalue weighted by Gasteiger charge is 2.32. The molecule has 0 N–H and O–H groups in total. The molecule has 0 saturated carbocycles. The van der Waals surface area contributed by atoms with Crippen LogP contribution in [0.25, 0.3) is 0 Å². The van der Waals surface area contributed by atoms with Gasteiger partial charge in [-0.25, -0.2) is 8.78 Å². The summed E-state index contributed by atoms with van der Waals surface area (Å²) in [6.07, 6.45) is 4.26. The van der Waals surface area contributed by atoms with Gasteiger partial charge in [-0.05, 0) is 63.7 Å². The van der Waals surface area contributed by atoms with Crippen molar-refractivity contribution in [2.75, 3.05) is 33.3 Å². The van der Waals surface area contributed by atoms with Gasteiger partial charge in [0, 0.05) is 19.1 Å². The van der Waals surface area contributed by atoms with E-state index < -0.39 is 23.1 Å². The first kappa shape index (κ1) is 18.1. The van der Waals surface area contributed by atoms with E-state index in [9.17, 15) is 13.6 Å². The maximum atomic E-state index is 14.3. The molecular formula is C19H26F2N2O2. The molecule has 4 nitrogen and oxygen atoms in total. The zero-order valence-corrected chi connectivity index (χ0v) is 14.9. The number of benzene rings is 1. The summed E-state index contributed by atoms with van der Waals surface area (Å²) in [5.41, 5.74) is -0.509. The van der Waals surface area contributed by atoms with Crippen LogP contribution in [0, 0.1) is 17.6 Å². The van der Waals surface area contributed by atoms with E-state index in [0.717, 1.165) is 32.0 Å². The fourth-order valence-electron chi connectivity index (χ4n) is 4.08. The van der Waals surface area contributed by atoms with E-state index >= 15 is 0 Å². The van der Waals surface area contributed by atoms with E-state index in [-0.39, 0.29) is 5.75 Å². The topological polar surface area (TPSA) is 32.8 Å². The Labute approximate surface area is 147 Å². The second-order valence-corrected chi connectivity index (χ2v) is 7.05. The minimum Gasteiger partial charge on any atom is -0.494 e. The summed E-state index contributed by atoms with van der Waals surface area (Å²) < 4.78 is 33.2. The average Bonchev–Trinajstić information content (AvgIpc) is 3.16. The van der Waals surface area contributed by atoms with Gasteiger partial charge in [0.25, 0.3) is 5.91 Å².